The molecule has 0 saturated carbocycles. The molecule has 0 amide bonds. The molecule has 0 aromatic heterocycles. The maximum atomic E-state index is 12.1. The third-order valence-corrected chi connectivity index (χ3v) is 2.92. The summed E-state index contributed by atoms with van der Waals surface area (Å²) in [6, 6.07) is 9.33. The molecule has 1 rings (SSSR count). The van der Waals surface area contributed by atoms with Crippen LogP contribution in [-0.2, 0) is 14.9 Å². The minimum atomic E-state index is -0.866. The second kappa shape index (κ2) is 6.52. The molecule has 0 aliphatic heterocycles. The molecule has 0 aliphatic rings. The first kappa shape index (κ1) is 13.9. The van der Waals surface area contributed by atoms with Crippen molar-refractivity contribution in [3.05, 3.63) is 35.9 Å². The van der Waals surface area contributed by atoms with E-state index < -0.39 is 5.41 Å². The van der Waals surface area contributed by atoms with E-state index in [0.29, 0.717) is 6.61 Å². The summed E-state index contributed by atoms with van der Waals surface area (Å²) >= 11 is 0. The first-order chi connectivity index (χ1) is 8.15. The Bertz CT molecular complexity index is 348. The first-order valence-electron chi connectivity index (χ1n) is 5.92. The number of benzene rings is 1. The maximum absolute atomic E-state index is 12.1. The Morgan fingerprint density at radius 2 is 2.00 bits per heavy atom. The SMILES string of the molecule is CCCOCC(=O)C(C)(CO)c1ccccc1. The van der Waals surface area contributed by atoms with E-state index in [-0.39, 0.29) is 19.0 Å². The van der Waals surface area contributed by atoms with Gasteiger partial charge in [0.05, 0.1) is 12.0 Å². The number of hydrogen-bond donors (Lipinski definition) is 1. The van der Waals surface area contributed by atoms with Gasteiger partial charge in [0, 0.05) is 6.61 Å². The second-order valence-electron chi connectivity index (χ2n) is 4.33. The number of rotatable bonds is 7. The zero-order valence-corrected chi connectivity index (χ0v) is 10.5. The lowest BCUT2D eigenvalue weighted by molar-refractivity contribution is -0.130. The molecule has 0 saturated heterocycles. The van der Waals surface area contributed by atoms with E-state index >= 15 is 0 Å². The fourth-order valence-electron chi connectivity index (χ4n) is 1.61. The number of ketones is 1. The van der Waals surface area contributed by atoms with Crippen LogP contribution in [0, 0.1) is 0 Å². The summed E-state index contributed by atoms with van der Waals surface area (Å²) in [5, 5.41) is 9.49. The lowest BCUT2D eigenvalue weighted by Gasteiger charge is -2.26. The summed E-state index contributed by atoms with van der Waals surface area (Å²) in [6.07, 6.45) is 0.883. The molecular weight excluding hydrogens is 216 g/mol. The van der Waals surface area contributed by atoms with Gasteiger partial charge in [0.1, 0.15) is 6.61 Å². The Morgan fingerprint density at radius 1 is 1.35 bits per heavy atom. The van der Waals surface area contributed by atoms with Crippen LogP contribution in [0.3, 0.4) is 0 Å². The fourth-order valence-corrected chi connectivity index (χ4v) is 1.61. The predicted molar refractivity (Wildman–Crippen MR) is 67.0 cm³/mol. The number of Topliss-reactive ketones (excluding diaryl/α,β-unsaturated/α-hetero) is 1. The lowest BCUT2D eigenvalue weighted by atomic mass is 9.79. The molecule has 1 unspecified atom stereocenters. The molecule has 1 aromatic rings. The zero-order valence-electron chi connectivity index (χ0n) is 10.5. The van der Waals surface area contributed by atoms with Crippen LogP contribution in [0.4, 0.5) is 0 Å². The molecule has 1 N–H and O–H groups in total. The van der Waals surface area contributed by atoms with Gasteiger partial charge in [0.2, 0.25) is 0 Å². The lowest BCUT2D eigenvalue weighted by Crippen LogP contribution is -2.39. The van der Waals surface area contributed by atoms with Crippen LogP contribution >= 0.6 is 0 Å². The number of hydrogen-bond acceptors (Lipinski definition) is 3. The average molecular weight is 236 g/mol. The Morgan fingerprint density at radius 3 is 2.53 bits per heavy atom. The first-order valence-corrected chi connectivity index (χ1v) is 5.92. The molecule has 17 heavy (non-hydrogen) atoms. The van der Waals surface area contributed by atoms with Crippen LogP contribution in [0.5, 0.6) is 0 Å². The number of aliphatic hydroxyl groups is 1. The smallest absolute Gasteiger partial charge is 0.170 e. The molecule has 1 atom stereocenters. The van der Waals surface area contributed by atoms with Crippen LogP contribution in [0.2, 0.25) is 0 Å². The van der Waals surface area contributed by atoms with Crippen molar-refractivity contribution in [2.45, 2.75) is 25.7 Å². The molecule has 94 valence electrons. The normalized spacial score (nSPS) is 14.3. The summed E-state index contributed by atoms with van der Waals surface area (Å²) < 4.78 is 5.25. The van der Waals surface area contributed by atoms with Gasteiger partial charge in [0.25, 0.3) is 0 Å². The van der Waals surface area contributed by atoms with E-state index in [1.54, 1.807) is 6.92 Å². The molecule has 3 heteroatoms. The quantitative estimate of drug-likeness (QED) is 0.736. The Hall–Kier alpha value is -1.19. The van der Waals surface area contributed by atoms with Crippen LogP contribution in [0.1, 0.15) is 25.8 Å². The molecular formula is C14H20O3. The van der Waals surface area contributed by atoms with Crippen molar-refractivity contribution in [2.24, 2.45) is 0 Å². The number of carbonyl (C=O) groups is 1. The highest BCUT2D eigenvalue weighted by Crippen LogP contribution is 2.24. The van der Waals surface area contributed by atoms with Crippen LogP contribution in [-0.4, -0.2) is 30.7 Å². The minimum Gasteiger partial charge on any atom is -0.395 e. The summed E-state index contributed by atoms with van der Waals surface area (Å²) in [4.78, 5) is 12.1. The van der Waals surface area contributed by atoms with Gasteiger partial charge in [-0.25, -0.2) is 0 Å². The Labute approximate surface area is 102 Å². The van der Waals surface area contributed by atoms with E-state index in [0.717, 1.165) is 12.0 Å². The monoisotopic (exact) mass is 236 g/mol. The zero-order chi connectivity index (χ0) is 12.7. The molecule has 0 aliphatic carbocycles. The van der Waals surface area contributed by atoms with Crippen LogP contribution in [0.25, 0.3) is 0 Å². The molecule has 3 nitrogen and oxygen atoms in total. The van der Waals surface area contributed by atoms with Crippen LogP contribution in [0.15, 0.2) is 30.3 Å². The highest BCUT2D eigenvalue weighted by Gasteiger charge is 2.33. The van der Waals surface area contributed by atoms with Gasteiger partial charge in [-0.1, -0.05) is 37.3 Å². The van der Waals surface area contributed by atoms with E-state index in [4.69, 9.17) is 4.74 Å². The van der Waals surface area contributed by atoms with E-state index in [9.17, 15) is 9.90 Å². The van der Waals surface area contributed by atoms with Gasteiger partial charge in [-0.3, -0.25) is 4.79 Å². The molecule has 0 fully saturated rings. The van der Waals surface area contributed by atoms with Gasteiger partial charge in [-0.05, 0) is 18.9 Å². The predicted octanol–water partition coefficient (Wildman–Crippen LogP) is 1.93. The van der Waals surface area contributed by atoms with E-state index in [2.05, 4.69) is 0 Å². The molecule has 1 aromatic carbocycles. The summed E-state index contributed by atoms with van der Waals surface area (Å²) in [5.41, 5.74) is -0.0396. The van der Waals surface area contributed by atoms with Gasteiger partial charge in [0.15, 0.2) is 5.78 Å². The molecule has 0 bridgehead atoms. The molecule has 0 radical (unpaired) electrons. The summed E-state index contributed by atoms with van der Waals surface area (Å²) in [7, 11) is 0. The van der Waals surface area contributed by atoms with Gasteiger partial charge < -0.3 is 9.84 Å². The van der Waals surface area contributed by atoms with Crippen LogP contribution < -0.4 is 0 Å². The topological polar surface area (TPSA) is 46.5 Å². The standard InChI is InChI=1S/C14H20O3/c1-3-9-17-10-13(16)14(2,11-15)12-7-5-4-6-8-12/h4-8,15H,3,9-11H2,1-2H3. The maximum Gasteiger partial charge on any atom is 0.170 e. The van der Waals surface area contributed by atoms with Crippen molar-refractivity contribution >= 4 is 5.78 Å². The Balaban J connectivity index is 2.78. The van der Waals surface area contributed by atoms with E-state index in [1.165, 1.54) is 0 Å². The van der Waals surface area contributed by atoms with Crippen molar-refractivity contribution in [3.8, 4) is 0 Å². The summed E-state index contributed by atoms with van der Waals surface area (Å²) in [6.45, 7) is 4.17. The second-order valence-corrected chi connectivity index (χ2v) is 4.33. The summed E-state index contributed by atoms with van der Waals surface area (Å²) in [5.74, 6) is -0.0837. The third kappa shape index (κ3) is 3.38. The third-order valence-electron chi connectivity index (χ3n) is 2.92. The van der Waals surface area contributed by atoms with Gasteiger partial charge in [-0.2, -0.15) is 0 Å². The minimum absolute atomic E-state index is 0.0554. The molecule has 0 spiro atoms. The largest absolute Gasteiger partial charge is 0.395 e. The Kier molecular flexibility index (Phi) is 5.32. The van der Waals surface area contributed by atoms with Crippen molar-refractivity contribution in [1.29, 1.82) is 0 Å². The number of aliphatic hydroxyl groups excluding tert-OH is 1. The highest BCUT2D eigenvalue weighted by atomic mass is 16.5. The molecule has 0 heterocycles. The average Bonchev–Trinajstić information content (AvgIpc) is 2.39. The fraction of sp³-hybridized carbons (Fsp3) is 0.500. The van der Waals surface area contributed by atoms with Gasteiger partial charge in [-0.15, -0.1) is 0 Å². The van der Waals surface area contributed by atoms with E-state index in [1.807, 2.05) is 37.3 Å². The van der Waals surface area contributed by atoms with Crippen molar-refractivity contribution < 1.29 is 14.6 Å². The number of carbonyl (C=O) groups excluding carboxylic acids is 1. The van der Waals surface area contributed by atoms with Crippen molar-refractivity contribution in [2.75, 3.05) is 19.8 Å². The highest BCUT2D eigenvalue weighted by molar-refractivity contribution is 5.90. The van der Waals surface area contributed by atoms with Gasteiger partial charge >= 0.3 is 0 Å². The number of ether oxygens (including phenoxy) is 1. The van der Waals surface area contributed by atoms with Crippen molar-refractivity contribution in [1.82, 2.24) is 0 Å². The van der Waals surface area contributed by atoms with Crippen molar-refractivity contribution in [3.63, 3.8) is 0 Å².